The number of hydrogen-bond donors (Lipinski definition) is 3. The number of nitrogen functional groups attached to an aromatic ring is 1. The van der Waals surface area contributed by atoms with E-state index >= 15 is 0 Å². The summed E-state index contributed by atoms with van der Waals surface area (Å²) in [6.45, 7) is 3.18. The minimum Gasteiger partial charge on any atom is -0.369 e. The van der Waals surface area contributed by atoms with Gasteiger partial charge in [0.2, 0.25) is 5.95 Å². The molecule has 6 heteroatoms. The smallest absolute Gasteiger partial charge is 0.224 e. The van der Waals surface area contributed by atoms with Gasteiger partial charge in [0.05, 0.1) is 11.6 Å². The number of anilines is 2. The van der Waals surface area contributed by atoms with Crippen molar-refractivity contribution in [2.24, 2.45) is 5.41 Å². The summed E-state index contributed by atoms with van der Waals surface area (Å²) in [6, 6.07) is 0. The van der Waals surface area contributed by atoms with Gasteiger partial charge < -0.3 is 11.1 Å². The predicted molar refractivity (Wildman–Crippen MR) is 66.5 cm³/mol. The minimum absolute atomic E-state index is 0.269. The Morgan fingerprint density at radius 3 is 3.00 bits per heavy atom. The molecule has 3 rings (SSSR count). The number of nitrogens with zero attached hydrogens (tertiary/aromatic N) is 3. The highest BCUT2D eigenvalue weighted by atomic mass is 15.2. The zero-order chi connectivity index (χ0) is 11.9. The largest absolute Gasteiger partial charge is 0.369 e. The monoisotopic (exact) mass is 232 g/mol. The zero-order valence-corrected chi connectivity index (χ0v) is 9.82. The average Bonchev–Trinajstić information content (AvgIpc) is 2.96. The molecule has 4 N–H and O–H groups in total. The van der Waals surface area contributed by atoms with Crippen molar-refractivity contribution < 1.29 is 0 Å². The van der Waals surface area contributed by atoms with Gasteiger partial charge in [0.1, 0.15) is 5.82 Å². The summed E-state index contributed by atoms with van der Waals surface area (Å²) in [6.07, 6.45) is 5.52. The third kappa shape index (κ3) is 1.79. The molecule has 17 heavy (non-hydrogen) atoms. The normalized spacial score (nSPS) is 17.2. The second-order valence-corrected chi connectivity index (χ2v) is 4.77. The second-order valence-electron chi connectivity index (χ2n) is 4.77. The molecule has 1 saturated carbocycles. The summed E-state index contributed by atoms with van der Waals surface area (Å²) < 4.78 is 0. The molecule has 2 aromatic heterocycles. The van der Waals surface area contributed by atoms with Gasteiger partial charge in [0, 0.05) is 6.54 Å². The van der Waals surface area contributed by atoms with Gasteiger partial charge in [-0.2, -0.15) is 15.1 Å². The van der Waals surface area contributed by atoms with Crippen molar-refractivity contribution in [1.29, 1.82) is 0 Å². The Kier molecular flexibility index (Phi) is 2.17. The highest BCUT2D eigenvalue weighted by Crippen LogP contribution is 2.48. The van der Waals surface area contributed by atoms with Gasteiger partial charge in [-0.15, -0.1) is 0 Å². The molecule has 0 amide bonds. The van der Waals surface area contributed by atoms with Gasteiger partial charge in [-0.3, -0.25) is 5.10 Å². The van der Waals surface area contributed by atoms with E-state index in [-0.39, 0.29) is 5.95 Å². The molecule has 0 radical (unpaired) electrons. The van der Waals surface area contributed by atoms with Crippen molar-refractivity contribution >= 4 is 22.8 Å². The first kappa shape index (κ1) is 10.3. The molecular weight excluding hydrogens is 216 g/mol. The van der Waals surface area contributed by atoms with Crippen molar-refractivity contribution in [3.63, 3.8) is 0 Å². The van der Waals surface area contributed by atoms with Gasteiger partial charge in [0.15, 0.2) is 5.65 Å². The standard InChI is InChI=1S/C11H16N6/c1-2-11(3-4-11)6-13-8-7-5-14-17-9(7)16-10(12)15-8/h5H,2-4,6H2,1H3,(H4,12,13,14,15,16,17). The van der Waals surface area contributed by atoms with Gasteiger partial charge in [0.25, 0.3) is 0 Å². The van der Waals surface area contributed by atoms with E-state index in [1.54, 1.807) is 6.20 Å². The first-order valence-corrected chi connectivity index (χ1v) is 5.93. The number of aromatic amines is 1. The van der Waals surface area contributed by atoms with Crippen molar-refractivity contribution in [2.45, 2.75) is 26.2 Å². The molecule has 1 aliphatic rings. The minimum atomic E-state index is 0.269. The fourth-order valence-corrected chi connectivity index (χ4v) is 2.09. The van der Waals surface area contributed by atoms with Crippen molar-refractivity contribution in [3.05, 3.63) is 6.20 Å². The van der Waals surface area contributed by atoms with Gasteiger partial charge in [-0.25, -0.2) is 0 Å². The van der Waals surface area contributed by atoms with E-state index in [2.05, 4.69) is 32.4 Å². The summed E-state index contributed by atoms with van der Waals surface area (Å²) in [7, 11) is 0. The fraction of sp³-hybridized carbons (Fsp3) is 0.545. The molecule has 6 nitrogen and oxygen atoms in total. The average molecular weight is 232 g/mol. The van der Waals surface area contributed by atoms with Gasteiger partial charge >= 0.3 is 0 Å². The van der Waals surface area contributed by atoms with E-state index < -0.39 is 0 Å². The quantitative estimate of drug-likeness (QED) is 0.743. The van der Waals surface area contributed by atoms with Gasteiger partial charge in [-0.05, 0) is 24.7 Å². The van der Waals surface area contributed by atoms with Crippen LogP contribution < -0.4 is 11.1 Å². The maximum absolute atomic E-state index is 5.66. The number of fused-ring (bicyclic) bond motifs is 1. The second kappa shape index (κ2) is 3.58. The Morgan fingerprint density at radius 2 is 2.29 bits per heavy atom. The maximum Gasteiger partial charge on any atom is 0.224 e. The van der Waals surface area contributed by atoms with E-state index in [0.29, 0.717) is 11.1 Å². The van der Waals surface area contributed by atoms with Crippen LogP contribution in [0.1, 0.15) is 26.2 Å². The highest BCUT2D eigenvalue weighted by molar-refractivity contribution is 5.86. The molecule has 0 spiro atoms. The molecule has 0 saturated heterocycles. The molecule has 0 atom stereocenters. The van der Waals surface area contributed by atoms with Crippen molar-refractivity contribution in [2.75, 3.05) is 17.6 Å². The first-order chi connectivity index (χ1) is 8.22. The molecule has 0 aromatic carbocycles. The molecule has 0 aliphatic heterocycles. The molecule has 2 heterocycles. The summed E-state index contributed by atoms with van der Waals surface area (Å²) >= 11 is 0. The summed E-state index contributed by atoms with van der Waals surface area (Å²) in [5.74, 6) is 1.05. The van der Waals surface area contributed by atoms with Gasteiger partial charge in [-0.1, -0.05) is 6.92 Å². The highest BCUT2D eigenvalue weighted by Gasteiger charge is 2.40. The lowest BCUT2D eigenvalue weighted by Gasteiger charge is -2.14. The van der Waals surface area contributed by atoms with E-state index in [9.17, 15) is 0 Å². The van der Waals surface area contributed by atoms with Crippen LogP contribution >= 0.6 is 0 Å². The van der Waals surface area contributed by atoms with Crippen LogP contribution in [-0.4, -0.2) is 26.7 Å². The van der Waals surface area contributed by atoms with E-state index in [1.165, 1.54) is 19.3 Å². The van der Waals surface area contributed by atoms with Crippen LogP contribution in [0.3, 0.4) is 0 Å². The summed E-state index contributed by atoms with van der Waals surface area (Å²) in [5, 5.41) is 11.0. The molecular formula is C11H16N6. The number of H-pyrrole nitrogens is 1. The van der Waals surface area contributed by atoms with Crippen LogP contribution in [0.4, 0.5) is 11.8 Å². The van der Waals surface area contributed by atoms with Crippen LogP contribution in [0.5, 0.6) is 0 Å². The number of nitrogens with one attached hydrogen (secondary N) is 2. The number of aromatic nitrogens is 4. The summed E-state index contributed by atoms with van der Waals surface area (Å²) in [4.78, 5) is 8.32. The first-order valence-electron chi connectivity index (χ1n) is 5.93. The predicted octanol–water partition coefficient (Wildman–Crippen LogP) is 1.54. The Bertz CT molecular complexity index is 542. The lowest BCUT2D eigenvalue weighted by molar-refractivity contribution is 0.521. The SMILES string of the molecule is CCC1(CNc2nc(N)nc3[nH]ncc23)CC1. The lowest BCUT2D eigenvalue weighted by Crippen LogP contribution is -2.15. The zero-order valence-electron chi connectivity index (χ0n) is 9.82. The van der Waals surface area contributed by atoms with Crippen LogP contribution in [0.15, 0.2) is 6.20 Å². The Labute approximate surface area is 99.0 Å². The Morgan fingerprint density at radius 1 is 1.47 bits per heavy atom. The van der Waals surface area contributed by atoms with Crippen molar-refractivity contribution in [1.82, 2.24) is 20.2 Å². The van der Waals surface area contributed by atoms with Crippen LogP contribution in [0, 0.1) is 5.41 Å². The molecule has 0 bridgehead atoms. The van der Waals surface area contributed by atoms with E-state index in [1.807, 2.05) is 0 Å². The Balaban J connectivity index is 1.86. The van der Waals surface area contributed by atoms with E-state index in [0.717, 1.165) is 17.7 Å². The number of nitrogens with two attached hydrogens (primary N) is 1. The molecule has 0 unspecified atom stereocenters. The number of rotatable bonds is 4. The number of hydrogen-bond acceptors (Lipinski definition) is 5. The molecule has 2 aromatic rings. The molecule has 1 fully saturated rings. The fourth-order valence-electron chi connectivity index (χ4n) is 2.09. The van der Waals surface area contributed by atoms with Crippen molar-refractivity contribution in [3.8, 4) is 0 Å². The van der Waals surface area contributed by atoms with Crippen LogP contribution in [0.2, 0.25) is 0 Å². The van der Waals surface area contributed by atoms with Crippen LogP contribution in [0.25, 0.3) is 11.0 Å². The summed E-state index contributed by atoms with van der Waals surface area (Å²) in [5.41, 5.74) is 6.81. The maximum atomic E-state index is 5.66. The molecule has 1 aliphatic carbocycles. The van der Waals surface area contributed by atoms with Crippen LogP contribution in [-0.2, 0) is 0 Å². The Hall–Kier alpha value is -1.85. The third-order valence-electron chi connectivity index (χ3n) is 3.66. The van der Waals surface area contributed by atoms with E-state index in [4.69, 9.17) is 5.73 Å². The lowest BCUT2D eigenvalue weighted by atomic mass is 10.0. The third-order valence-corrected chi connectivity index (χ3v) is 3.66. The topological polar surface area (TPSA) is 92.5 Å². The molecule has 90 valence electrons.